The average Bonchev–Trinajstić information content (AvgIpc) is 2.35. The lowest BCUT2D eigenvalue weighted by atomic mass is 10.3. The molecule has 0 unspecified atom stereocenters. The van der Waals surface area contributed by atoms with Gasteiger partial charge in [0, 0.05) is 24.4 Å². The molecule has 0 amide bonds. The van der Waals surface area contributed by atoms with Crippen LogP contribution in [0.15, 0.2) is 23.1 Å². The molecule has 17 heavy (non-hydrogen) atoms. The van der Waals surface area contributed by atoms with Crippen LogP contribution < -0.4 is 10.5 Å². The minimum absolute atomic E-state index is 0.708. The van der Waals surface area contributed by atoms with E-state index in [2.05, 4.69) is 6.92 Å². The third-order valence-corrected chi connectivity index (χ3v) is 3.29. The molecule has 3 nitrogen and oxygen atoms in total. The summed E-state index contributed by atoms with van der Waals surface area (Å²) in [6, 6.07) is 5.96. The fourth-order valence-corrected chi connectivity index (χ4v) is 2.19. The van der Waals surface area contributed by atoms with Crippen molar-refractivity contribution in [3.8, 4) is 5.75 Å². The summed E-state index contributed by atoms with van der Waals surface area (Å²) < 4.78 is 10.6. The Hall–Kier alpha value is -0.870. The Balaban J connectivity index is 2.49. The maximum Gasteiger partial charge on any atom is 0.143 e. The molecule has 4 heteroatoms. The van der Waals surface area contributed by atoms with E-state index in [1.54, 1.807) is 18.9 Å². The highest BCUT2D eigenvalue weighted by atomic mass is 32.2. The van der Waals surface area contributed by atoms with Crippen LogP contribution in [-0.2, 0) is 4.74 Å². The predicted octanol–water partition coefficient (Wildman–Crippen LogP) is 3.19. The Morgan fingerprint density at radius 1 is 1.29 bits per heavy atom. The molecular weight excluding hydrogens is 234 g/mol. The van der Waals surface area contributed by atoms with Crippen LogP contribution in [0, 0.1) is 0 Å². The van der Waals surface area contributed by atoms with Crippen molar-refractivity contribution in [1.29, 1.82) is 0 Å². The fourth-order valence-electron chi connectivity index (χ4n) is 1.33. The van der Waals surface area contributed by atoms with Gasteiger partial charge < -0.3 is 15.2 Å². The van der Waals surface area contributed by atoms with Crippen molar-refractivity contribution in [3.63, 3.8) is 0 Å². The van der Waals surface area contributed by atoms with E-state index in [-0.39, 0.29) is 0 Å². The second kappa shape index (κ2) is 8.25. The van der Waals surface area contributed by atoms with E-state index in [1.807, 2.05) is 18.2 Å². The van der Waals surface area contributed by atoms with Crippen molar-refractivity contribution in [2.24, 2.45) is 0 Å². The summed E-state index contributed by atoms with van der Waals surface area (Å²) in [5.41, 5.74) is 6.56. The van der Waals surface area contributed by atoms with Gasteiger partial charge in [0.2, 0.25) is 0 Å². The molecule has 1 aromatic rings. The van der Waals surface area contributed by atoms with Crippen LogP contribution in [0.1, 0.15) is 19.8 Å². The highest BCUT2D eigenvalue weighted by molar-refractivity contribution is 7.99. The first-order chi connectivity index (χ1) is 8.27. The van der Waals surface area contributed by atoms with Crippen molar-refractivity contribution in [2.75, 3.05) is 31.8 Å². The number of hydrogen-bond donors (Lipinski definition) is 1. The number of ether oxygens (including phenoxy) is 2. The van der Waals surface area contributed by atoms with Gasteiger partial charge in [-0.25, -0.2) is 0 Å². The van der Waals surface area contributed by atoms with Gasteiger partial charge in [0.25, 0.3) is 0 Å². The van der Waals surface area contributed by atoms with Crippen LogP contribution in [0.3, 0.4) is 0 Å². The van der Waals surface area contributed by atoms with Gasteiger partial charge in [-0.3, -0.25) is 0 Å². The topological polar surface area (TPSA) is 44.5 Å². The normalized spacial score (nSPS) is 10.5. The molecule has 0 aliphatic rings. The monoisotopic (exact) mass is 255 g/mol. The molecule has 96 valence electrons. The zero-order valence-electron chi connectivity index (χ0n) is 10.6. The van der Waals surface area contributed by atoms with Crippen LogP contribution in [0.5, 0.6) is 5.75 Å². The third kappa shape index (κ3) is 5.33. The van der Waals surface area contributed by atoms with Crippen molar-refractivity contribution in [3.05, 3.63) is 18.2 Å². The molecule has 0 aromatic heterocycles. The lowest BCUT2D eigenvalue weighted by molar-refractivity contribution is 0.200. The first kappa shape index (κ1) is 14.2. The molecule has 0 bridgehead atoms. The average molecular weight is 255 g/mol. The maximum atomic E-state index is 5.85. The molecule has 1 rings (SSSR count). The molecule has 2 N–H and O–H groups in total. The van der Waals surface area contributed by atoms with Crippen LogP contribution in [0.2, 0.25) is 0 Å². The Morgan fingerprint density at radius 3 is 2.82 bits per heavy atom. The zero-order valence-corrected chi connectivity index (χ0v) is 11.4. The molecule has 0 spiro atoms. The van der Waals surface area contributed by atoms with Crippen molar-refractivity contribution in [1.82, 2.24) is 0 Å². The Morgan fingerprint density at radius 2 is 2.12 bits per heavy atom. The number of thioether (sulfide) groups is 1. The molecule has 0 fully saturated rings. The Kier molecular flexibility index (Phi) is 6.89. The van der Waals surface area contributed by atoms with E-state index in [0.717, 1.165) is 31.0 Å². The molecule has 0 aliphatic heterocycles. The van der Waals surface area contributed by atoms with Gasteiger partial charge >= 0.3 is 0 Å². The van der Waals surface area contributed by atoms with E-state index >= 15 is 0 Å². The van der Waals surface area contributed by atoms with Crippen LogP contribution >= 0.6 is 11.8 Å². The number of rotatable bonds is 8. The lowest BCUT2D eigenvalue weighted by Gasteiger charge is -2.09. The molecule has 1 aromatic carbocycles. The summed E-state index contributed by atoms with van der Waals surface area (Å²) in [5, 5.41) is 0. The van der Waals surface area contributed by atoms with Crippen LogP contribution in [-0.4, -0.2) is 26.1 Å². The highest BCUT2D eigenvalue weighted by Crippen LogP contribution is 2.28. The van der Waals surface area contributed by atoms with Gasteiger partial charge in [0.15, 0.2) is 0 Å². The molecular formula is C13H21NO2S. The minimum Gasteiger partial charge on any atom is -0.491 e. The first-order valence-corrected chi connectivity index (χ1v) is 6.90. The molecule has 0 aliphatic carbocycles. The van der Waals surface area contributed by atoms with Gasteiger partial charge in [-0.05, 0) is 31.0 Å². The van der Waals surface area contributed by atoms with Gasteiger partial charge in [-0.2, -0.15) is 0 Å². The number of nitrogens with two attached hydrogens (primary N) is 1. The maximum absolute atomic E-state index is 5.85. The van der Waals surface area contributed by atoms with Crippen molar-refractivity contribution < 1.29 is 9.47 Å². The van der Waals surface area contributed by atoms with Gasteiger partial charge in [-0.1, -0.05) is 6.92 Å². The SMILES string of the molecule is CCCOc1cc(SCCCOC)ccc1N. The highest BCUT2D eigenvalue weighted by Gasteiger charge is 2.02. The number of anilines is 1. The van der Waals surface area contributed by atoms with Gasteiger partial charge in [0.1, 0.15) is 5.75 Å². The van der Waals surface area contributed by atoms with E-state index in [0.29, 0.717) is 12.3 Å². The van der Waals surface area contributed by atoms with E-state index in [1.165, 1.54) is 4.90 Å². The van der Waals surface area contributed by atoms with E-state index in [9.17, 15) is 0 Å². The smallest absolute Gasteiger partial charge is 0.143 e. The summed E-state index contributed by atoms with van der Waals surface area (Å²) >= 11 is 1.80. The van der Waals surface area contributed by atoms with Crippen molar-refractivity contribution >= 4 is 17.4 Å². The predicted molar refractivity (Wildman–Crippen MR) is 73.9 cm³/mol. The number of methoxy groups -OCH3 is 1. The van der Waals surface area contributed by atoms with E-state index in [4.69, 9.17) is 15.2 Å². The summed E-state index contributed by atoms with van der Waals surface area (Å²) in [7, 11) is 1.73. The van der Waals surface area contributed by atoms with Gasteiger partial charge in [0.05, 0.1) is 12.3 Å². The van der Waals surface area contributed by atoms with Gasteiger partial charge in [-0.15, -0.1) is 11.8 Å². The first-order valence-electron chi connectivity index (χ1n) is 5.92. The lowest BCUT2D eigenvalue weighted by Crippen LogP contribution is -1.99. The van der Waals surface area contributed by atoms with E-state index < -0.39 is 0 Å². The largest absolute Gasteiger partial charge is 0.491 e. The van der Waals surface area contributed by atoms with Crippen LogP contribution in [0.4, 0.5) is 5.69 Å². The molecule has 0 radical (unpaired) electrons. The molecule has 0 heterocycles. The number of nitrogen functional groups attached to an aromatic ring is 1. The Labute approximate surface area is 108 Å². The standard InChI is InChI=1S/C13H21NO2S/c1-3-7-16-13-10-11(5-6-12(13)14)17-9-4-8-15-2/h5-6,10H,3-4,7-9,14H2,1-2H3. The third-order valence-electron chi connectivity index (χ3n) is 2.21. The zero-order chi connectivity index (χ0) is 12.5. The minimum atomic E-state index is 0.708. The van der Waals surface area contributed by atoms with Crippen LogP contribution in [0.25, 0.3) is 0 Å². The summed E-state index contributed by atoms with van der Waals surface area (Å²) in [5.74, 6) is 1.84. The summed E-state index contributed by atoms with van der Waals surface area (Å²) in [6.07, 6.45) is 2.04. The quantitative estimate of drug-likeness (QED) is 0.440. The number of hydrogen-bond acceptors (Lipinski definition) is 4. The second-order valence-corrected chi connectivity index (χ2v) is 4.91. The molecule has 0 saturated carbocycles. The fraction of sp³-hybridized carbons (Fsp3) is 0.538. The van der Waals surface area contributed by atoms with Crippen molar-refractivity contribution in [2.45, 2.75) is 24.7 Å². The number of benzene rings is 1. The summed E-state index contributed by atoms with van der Waals surface area (Å²) in [6.45, 7) is 3.60. The Bertz CT molecular complexity index is 331. The summed E-state index contributed by atoms with van der Waals surface area (Å²) in [4.78, 5) is 1.20. The molecule has 0 atom stereocenters. The molecule has 0 saturated heterocycles. The second-order valence-electron chi connectivity index (χ2n) is 3.74.